The molecule has 0 fully saturated rings. The van der Waals surface area contributed by atoms with E-state index in [0.717, 1.165) is 0 Å². The molecule has 0 aromatic heterocycles. The van der Waals surface area contributed by atoms with Crippen LogP contribution in [0.15, 0.2) is 0 Å². The summed E-state index contributed by atoms with van der Waals surface area (Å²) in [5.41, 5.74) is -1.85. The van der Waals surface area contributed by atoms with Crippen LogP contribution in [0.4, 0.5) is 22.0 Å². The van der Waals surface area contributed by atoms with E-state index in [9.17, 15) is 31.9 Å². The van der Waals surface area contributed by atoms with Crippen molar-refractivity contribution in [3.63, 3.8) is 0 Å². The second-order valence-electron chi connectivity index (χ2n) is 2.71. The van der Waals surface area contributed by atoms with Gasteiger partial charge < -0.3 is 15.0 Å². The summed E-state index contributed by atoms with van der Waals surface area (Å²) < 4.78 is 63.3. The molecule has 88 valence electrons. The highest BCUT2D eigenvalue weighted by atomic mass is 19.2. The summed E-state index contributed by atoms with van der Waals surface area (Å²) in [6.07, 6.45) is -2.94. The third kappa shape index (κ3) is 1.71. The minimum Gasteiger partial charge on any atom is -0.547 e. The maximum atomic E-state index is 12.8. The summed E-state index contributed by atoms with van der Waals surface area (Å²) in [5.74, 6) is -14.3. The van der Waals surface area contributed by atoms with E-state index in [4.69, 9.17) is 5.11 Å². The largest absolute Gasteiger partial charge is 0.547 e. The lowest BCUT2D eigenvalue weighted by atomic mass is 10.1. The molecule has 1 aromatic carbocycles. The van der Waals surface area contributed by atoms with E-state index in [0.29, 0.717) is 0 Å². The Bertz CT molecular complexity index is 430. The van der Waals surface area contributed by atoms with Crippen molar-refractivity contribution in [1.29, 1.82) is 0 Å². The van der Waals surface area contributed by atoms with Gasteiger partial charge >= 0.3 is 0 Å². The minimum atomic E-state index is -2.94. The molecule has 0 heterocycles. The molecule has 0 aliphatic carbocycles. The lowest BCUT2D eigenvalue weighted by molar-refractivity contribution is -0.315. The fraction of sp³-hybridized carbons (Fsp3) is 0.125. The standard InChI is InChI=1S/C8H3F5O3/c9-2-1(7(14)8(15)16)3(10)5(12)6(13)4(2)11/h7,14H,(H,15,16)/p-1/t7-/m1/s1. The molecule has 1 rings (SSSR count). The number of benzene rings is 1. The molecule has 0 aliphatic rings. The van der Waals surface area contributed by atoms with E-state index in [-0.39, 0.29) is 0 Å². The van der Waals surface area contributed by atoms with Crippen LogP contribution >= 0.6 is 0 Å². The van der Waals surface area contributed by atoms with Crippen molar-refractivity contribution in [2.75, 3.05) is 0 Å². The predicted molar refractivity (Wildman–Crippen MR) is 36.2 cm³/mol. The van der Waals surface area contributed by atoms with Crippen LogP contribution < -0.4 is 5.11 Å². The highest BCUT2D eigenvalue weighted by Gasteiger charge is 2.29. The number of carboxylic acids is 1. The Morgan fingerprint density at radius 2 is 1.25 bits per heavy atom. The number of carbonyl (C=O) groups excluding carboxylic acids is 1. The molecule has 0 amide bonds. The number of rotatable bonds is 2. The van der Waals surface area contributed by atoms with Crippen LogP contribution in [0.25, 0.3) is 0 Å². The van der Waals surface area contributed by atoms with Crippen LogP contribution in [0.3, 0.4) is 0 Å². The van der Waals surface area contributed by atoms with E-state index < -0.39 is 46.7 Å². The number of hydrogen-bond donors (Lipinski definition) is 1. The lowest BCUT2D eigenvalue weighted by Crippen LogP contribution is -2.31. The molecule has 1 N–H and O–H groups in total. The first-order valence-electron chi connectivity index (χ1n) is 3.69. The molecule has 16 heavy (non-hydrogen) atoms. The monoisotopic (exact) mass is 241 g/mol. The molecule has 1 aromatic rings. The Morgan fingerprint density at radius 1 is 0.938 bits per heavy atom. The first-order valence-corrected chi connectivity index (χ1v) is 3.69. The van der Waals surface area contributed by atoms with Crippen LogP contribution in [-0.4, -0.2) is 11.1 Å². The molecule has 0 spiro atoms. The van der Waals surface area contributed by atoms with Gasteiger partial charge in [0.15, 0.2) is 23.3 Å². The Balaban J connectivity index is 3.57. The summed E-state index contributed by atoms with van der Waals surface area (Å²) in [4.78, 5) is 10.1. The normalized spacial score (nSPS) is 12.6. The number of aliphatic hydroxyl groups is 1. The van der Waals surface area contributed by atoms with E-state index in [1.165, 1.54) is 0 Å². The predicted octanol–water partition coefficient (Wildman–Crippen LogP) is 0.165. The average Bonchev–Trinajstić information content (AvgIpc) is 2.23. The van der Waals surface area contributed by atoms with Crippen molar-refractivity contribution < 1.29 is 37.0 Å². The quantitative estimate of drug-likeness (QED) is 0.456. The zero-order chi connectivity index (χ0) is 12.6. The molecule has 0 radical (unpaired) electrons. The van der Waals surface area contributed by atoms with Crippen LogP contribution in [0.2, 0.25) is 0 Å². The SMILES string of the molecule is O=C([O-])[C@H](O)c1c(F)c(F)c(F)c(F)c1F. The number of aliphatic hydroxyl groups excluding tert-OH is 1. The highest BCUT2D eigenvalue weighted by molar-refractivity contribution is 5.72. The third-order valence-corrected chi connectivity index (χ3v) is 1.74. The average molecular weight is 241 g/mol. The van der Waals surface area contributed by atoms with Gasteiger partial charge in [0, 0.05) is 0 Å². The van der Waals surface area contributed by atoms with Crippen molar-refractivity contribution in [3.05, 3.63) is 34.6 Å². The van der Waals surface area contributed by atoms with Gasteiger partial charge in [0.25, 0.3) is 0 Å². The molecule has 0 saturated heterocycles. The molecule has 3 nitrogen and oxygen atoms in total. The smallest absolute Gasteiger partial charge is 0.200 e. The van der Waals surface area contributed by atoms with Crippen LogP contribution in [0.1, 0.15) is 11.7 Å². The highest BCUT2D eigenvalue weighted by Crippen LogP contribution is 2.27. The van der Waals surface area contributed by atoms with Crippen molar-refractivity contribution in [2.24, 2.45) is 0 Å². The second-order valence-corrected chi connectivity index (χ2v) is 2.71. The van der Waals surface area contributed by atoms with Gasteiger partial charge in [-0.15, -0.1) is 0 Å². The first-order chi connectivity index (χ1) is 7.29. The number of aliphatic carboxylic acids is 1. The second kappa shape index (κ2) is 4.05. The number of hydrogen-bond acceptors (Lipinski definition) is 3. The van der Waals surface area contributed by atoms with Crippen molar-refractivity contribution >= 4 is 5.97 Å². The first kappa shape index (κ1) is 12.4. The summed E-state index contributed by atoms with van der Waals surface area (Å²) >= 11 is 0. The summed E-state index contributed by atoms with van der Waals surface area (Å²) in [7, 11) is 0. The van der Waals surface area contributed by atoms with Gasteiger partial charge in [-0.1, -0.05) is 0 Å². The number of carboxylic acid groups (broad SMARTS) is 1. The topological polar surface area (TPSA) is 60.4 Å². The molecular formula is C8H2F5O3-. The van der Waals surface area contributed by atoms with Gasteiger partial charge in [-0.05, 0) is 0 Å². The van der Waals surface area contributed by atoms with E-state index in [2.05, 4.69) is 0 Å². The summed E-state index contributed by atoms with van der Waals surface area (Å²) in [6.45, 7) is 0. The fourth-order valence-electron chi connectivity index (χ4n) is 0.980. The minimum absolute atomic E-state index is 1.85. The van der Waals surface area contributed by atoms with Gasteiger partial charge in [0.1, 0.15) is 6.10 Å². The molecule has 0 unspecified atom stereocenters. The van der Waals surface area contributed by atoms with E-state index >= 15 is 0 Å². The van der Waals surface area contributed by atoms with Gasteiger partial charge in [-0.2, -0.15) is 0 Å². The Labute approximate surface area is 84.7 Å². The zero-order valence-electron chi connectivity index (χ0n) is 7.23. The summed E-state index contributed by atoms with van der Waals surface area (Å²) in [5, 5.41) is 18.8. The maximum Gasteiger partial charge on any atom is 0.200 e. The Kier molecular flexibility index (Phi) is 3.13. The Morgan fingerprint density at radius 3 is 1.56 bits per heavy atom. The molecule has 1 atom stereocenters. The zero-order valence-corrected chi connectivity index (χ0v) is 7.23. The molecule has 8 heteroatoms. The lowest BCUT2D eigenvalue weighted by Gasteiger charge is -2.14. The molecule has 0 bridgehead atoms. The van der Waals surface area contributed by atoms with E-state index in [1.807, 2.05) is 0 Å². The molecule has 0 aliphatic heterocycles. The van der Waals surface area contributed by atoms with E-state index in [1.54, 1.807) is 0 Å². The van der Waals surface area contributed by atoms with Gasteiger partial charge in [-0.3, -0.25) is 0 Å². The number of carbonyl (C=O) groups is 1. The van der Waals surface area contributed by atoms with Crippen LogP contribution in [-0.2, 0) is 4.79 Å². The Hall–Kier alpha value is -1.70. The summed E-state index contributed by atoms with van der Waals surface area (Å²) in [6, 6.07) is 0. The van der Waals surface area contributed by atoms with Crippen molar-refractivity contribution in [2.45, 2.75) is 6.10 Å². The fourth-order valence-corrected chi connectivity index (χ4v) is 0.980. The maximum absolute atomic E-state index is 12.8. The van der Waals surface area contributed by atoms with Crippen LogP contribution in [0, 0.1) is 29.1 Å². The van der Waals surface area contributed by atoms with Gasteiger partial charge in [0.2, 0.25) is 5.82 Å². The molecule has 0 saturated carbocycles. The van der Waals surface area contributed by atoms with Gasteiger partial charge in [-0.25, -0.2) is 22.0 Å². The van der Waals surface area contributed by atoms with Crippen LogP contribution in [0.5, 0.6) is 0 Å². The van der Waals surface area contributed by atoms with Crippen molar-refractivity contribution in [1.82, 2.24) is 0 Å². The number of halogens is 5. The third-order valence-electron chi connectivity index (χ3n) is 1.74. The van der Waals surface area contributed by atoms with Gasteiger partial charge in [0.05, 0.1) is 11.5 Å². The van der Waals surface area contributed by atoms with Crippen molar-refractivity contribution in [3.8, 4) is 0 Å². The molecular weight excluding hydrogens is 239 g/mol.